The van der Waals surface area contributed by atoms with Gasteiger partial charge in [-0.15, -0.1) is 18.3 Å². The number of hydrogen-bond donors (Lipinski definition) is 0. The molecule has 4 aromatic rings. The van der Waals surface area contributed by atoms with Gasteiger partial charge in [0.05, 0.1) is 23.8 Å². The van der Waals surface area contributed by atoms with Crippen molar-refractivity contribution in [1.29, 1.82) is 0 Å². The fraction of sp³-hybridized carbons (Fsp3) is 0.393. The van der Waals surface area contributed by atoms with Crippen LogP contribution in [0.2, 0.25) is 0 Å². The van der Waals surface area contributed by atoms with Crippen molar-refractivity contribution in [2.75, 3.05) is 37.6 Å². The number of aromatic nitrogens is 6. The van der Waals surface area contributed by atoms with E-state index in [1.165, 1.54) is 6.07 Å². The lowest BCUT2D eigenvalue weighted by Crippen LogP contribution is -2.46. The van der Waals surface area contributed by atoms with Gasteiger partial charge < -0.3 is 14.5 Å². The maximum Gasteiger partial charge on any atom is 0.573 e. The SMILES string of the molecule is CCN1CCN(c2cc(OC(F)(F)F)cc(C(=O)Cc3cnc(C)c(-n4cc(-c5cnn(C)c5C)nn4)c3)c2)CC1. The van der Waals surface area contributed by atoms with E-state index in [1.54, 1.807) is 40.1 Å². The predicted octanol–water partition coefficient (Wildman–Crippen LogP) is 4.15. The zero-order valence-electron chi connectivity index (χ0n) is 23.3. The third-order valence-electron chi connectivity index (χ3n) is 7.36. The number of aryl methyl sites for hydroxylation is 2. The molecular weight excluding hydrogens is 537 g/mol. The first-order chi connectivity index (χ1) is 19.5. The number of ether oxygens (including phenoxy) is 1. The first-order valence-electron chi connectivity index (χ1n) is 13.3. The normalized spacial score (nSPS) is 14.5. The van der Waals surface area contributed by atoms with Gasteiger partial charge in [0.2, 0.25) is 0 Å². The molecule has 10 nitrogen and oxygen atoms in total. The van der Waals surface area contributed by atoms with Crippen molar-refractivity contribution in [3.63, 3.8) is 0 Å². The number of Topliss-reactive ketones (excluding diaryl/α,β-unsaturated/α-hetero) is 1. The third-order valence-corrected chi connectivity index (χ3v) is 7.36. The molecule has 0 radical (unpaired) electrons. The van der Waals surface area contributed by atoms with Crippen molar-refractivity contribution in [1.82, 2.24) is 34.7 Å². The number of nitrogens with zero attached hydrogens (tertiary/aromatic N) is 8. The molecule has 13 heteroatoms. The molecule has 0 atom stereocenters. The molecule has 4 heterocycles. The fourth-order valence-electron chi connectivity index (χ4n) is 4.88. The smallest absolute Gasteiger partial charge is 0.406 e. The average molecular weight is 569 g/mol. The minimum Gasteiger partial charge on any atom is -0.406 e. The number of rotatable bonds is 8. The van der Waals surface area contributed by atoms with Gasteiger partial charge in [0, 0.05) is 74.4 Å². The van der Waals surface area contributed by atoms with Crippen LogP contribution < -0.4 is 9.64 Å². The summed E-state index contributed by atoms with van der Waals surface area (Å²) < 4.78 is 46.9. The number of piperazine rings is 1. The second kappa shape index (κ2) is 11.3. The predicted molar refractivity (Wildman–Crippen MR) is 146 cm³/mol. The molecule has 216 valence electrons. The molecular formula is C28H31F3N8O2. The first-order valence-corrected chi connectivity index (χ1v) is 13.3. The Bertz CT molecular complexity index is 1550. The van der Waals surface area contributed by atoms with E-state index >= 15 is 0 Å². The summed E-state index contributed by atoms with van der Waals surface area (Å²) in [7, 11) is 1.85. The highest BCUT2D eigenvalue weighted by atomic mass is 19.4. The largest absolute Gasteiger partial charge is 0.573 e. The summed E-state index contributed by atoms with van der Waals surface area (Å²) in [4.78, 5) is 22.1. The average Bonchev–Trinajstić information content (AvgIpc) is 3.55. The van der Waals surface area contributed by atoms with Crippen molar-refractivity contribution in [2.45, 2.75) is 33.6 Å². The zero-order chi connectivity index (χ0) is 29.3. The number of hydrogen-bond acceptors (Lipinski definition) is 8. The standard InChI is InChI=1S/C28H31F3N8O2/c1-5-37-6-8-38(9-7-37)22-12-21(13-23(14-22)41-28(29,30)31)27(40)11-20-10-26(18(2)32-15-20)39-17-25(34-35-39)24-16-33-36(4)19(24)3/h10,12-17H,5-9,11H2,1-4H3. The Morgan fingerprint density at radius 1 is 1.05 bits per heavy atom. The number of pyridine rings is 1. The van der Waals surface area contributed by atoms with Crippen LogP contribution in [0.15, 0.2) is 42.9 Å². The third kappa shape index (κ3) is 6.40. The molecule has 1 saturated heterocycles. The van der Waals surface area contributed by atoms with Gasteiger partial charge in [-0.05, 0) is 44.2 Å². The maximum absolute atomic E-state index is 13.4. The maximum atomic E-state index is 13.4. The van der Waals surface area contributed by atoms with Crippen molar-refractivity contribution in [3.05, 3.63) is 65.4 Å². The Morgan fingerprint density at radius 3 is 2.46 bits per heavy atom. The topological polar surface area (TPSA) is 94.2 Å². The molecule has 0 amide bonds. The van der Waals surface area contributed by atoms with Gasteiger partial charge in [-0.1, -0.05) is 12.1 Å². The highest BCUT2D eigenvalue weighted by molar-refractivity contribution is 5.98. The number of carbonyl (C=O) groups excluding carboxylic acids is 1. The lowest BCUT2D eigenvalue weighted by atomic mass is 10.0. The molecule has 0 unspecified atom stereocenters. The van der Waals surface area contributed by atoms with Gasteiger partial charge in [-0.2, -0.15) is 5.10 Å². The van der Waals surface area contributed by atoms with Crippen LogP contribution in [-0.4, -0.2) is 79.5 Å². The summed E-state index contributed by atoms with van der Waals surface area (Å²) in [5, 5.41) is 12.8. The monoisotopic (exact) mass is 568 g/mol. The lowest BCUT2D eigenvalue weighted by molar-refractivity contribution is -0.274. The number of anilines is 1. The molecule has 0 spiro atoms. The summed E-state index contributed by atoms with van der Waals surface area (Å²) >= 11 is 0. The molecule has 0 bridgehead atoms. The summed E-state index contributed by atoms with van der Waals surface area (Å²) in [6.45, 7) is 9.57. The Morgan fingerprint density at radius 2 is 1.80 bits per heavy atom. The highest BCUT2D eigenvalue weighted by Crippen LogP contribution is 2.30. The number of carbonyl (C=O) groups is 1. The van der Waals surface area contributed by atoms with E-state index in [2.05, 4.69) is 37.0 Å². The number of likely N-dealkylation sites (N-methyl/N-ethyl adjacent to an activating group) is 1. The van der Waals surface area contributed by atoms with E-state index in [0.717, 1.165) is 37.0 Å². The number of benzene rings is 1. The summed E-state index contributed by atoms with van der Waals surface area (Å²) in [6.07, 6.45) is 0.129. The first kappa shape index (κ1) is 28.3. The van der Waals surface area contributed by atoms with Crippen LogP contribution in [0, 0.1) is 13.8 Å². The second-order valence-corrected chi connectivity index (χ2v) is 10.0. The second-order valence-electron chi connectivity index (χ2n) is 10.0. The Balaban J connectivity index is 1.40. The molecule has 41 heavy (non-hydrogen) atoms. The fourth-order valence-corrected chi connectivity index (χ4v) is 4.88. The van der Waals surface area contributed by atoms with Crippen LogP contribution in [0.4, 0.5) is 18.9 Å². The molecule has 1 aromatic carbocycles. The van der Waals surface area contributed by atoms with Crippen LogP contribution >= 0.6 is 0 Å². The number of ketones is 1. The highest BCUT2D eigenvalue weighted by Gasteiger charge is 2.32. The molecule has 0 saturated carbocycles. The lowest BCUT2D eigenvalue weighted by Gasteiger charge is -2.35. The summed E-state index contributed by atoms with van der Waals surface area (Å²) in [6, 6.07) is 5.90. The van der Waals surface area contributed by atoms with Crippen molar-refractivity contribution in [2.24, 2.45) is 7.05 Å². The van der Waals surface area contributed by atoms with Crippen LogP contribution in [0.25, 0.3) is 16.9 Å². The molecule has 3 aromatic heterocycles. The van der Waals surface area contributed by atoms with Crippen LogP contribution in [0.5, 0.6) is 5.75 Å². The number of halogens is 3. The van der Waals surface area contributed by atoms with E-state index in [9.17, 15) is 18.0 Å². The Labute approximate surface area is 235 Å². The van der Waals surface area contributed by atoms with Gasteiger partial charge in [0.15, 0.2) is 5.78 Å². The van der Waals surface area contributed by atoms with Crippen molar-refractivity contribution < 1.29 is 22.7 Å². The van der Waals surface area contributed by atoms with Crippen LogP contribution in [0.1, 0.15) is 34.2 Å². The molecule has 0 N–H and O–H groups in total. The molecule has 5 rings (SSSR count). The van der Waals surface area contributed by atoms with Gasteiger partial charge in [-0.3, -0.25) is 14.5 Å². The molecule has 1 aliphatic rings. The Kier molecular flexibility index (Phi) is 7.80. The van der Waals surface area contributed by atoms with E-state index in [4.69, 9.17) is 0 Å². The molecule has 1 aliphatic heterocycles. The van der Waals surface area contributed by atoms with E-state index in [0.29, 0.717) is 41.4 Å². The molecule has 0 aliphatic carbocycles. The van der Waals surface area contributed by atoms with Gasteiger partial charge in [-0.25, -0.2) is 4.68 Å². The van der Waals surface area contributed by atoms with E-state index in [1.807, 2.05) is 25.8 Å². The molecule has 1 fully saturated rings. The van der Waals surface area contributed by atoms with Crippen molar-refractivity contribution in [3.8, 4) is 22.7 Å². The van der Waals surface area contributed by atoms with Gasteiger partial charge in [0.1, 0.15) is 11.4 Å². The zero-order valence-corrected chi connectivity index (χ0v) is 23.3. The van der Waals surface area contributed by atoms with Crippen molar-refractivity contribution >= 4 is 11.5 Å². The van der Waals surface area contributed by atoms with E-state index in [-0.39, 0.29) is 17.8 Å². The summed E-state index contributed by atoms with van der Waals surface area (Å²) in [5.74, 6) is -0.771. The minimum atomic E-state index is -4.87. The quantitative estimate of drug-likeness (QED) is 0.293. The van der Waals surface area contributed by atoms with Gasteiger partial charge in [0.25, 0.3) is 0 Å². The van der Waals surface area contributed by atoms with E-state index < -0.39 is 12.1 Å². The minimum absolute atomic E-state index is 0.0674. The van der Waals surface area contributed by atoms with Crippen LogP contribution in [-0.2, 0) is 13.5 Å². The number of alkyl halides is 3. The summed E-state index contributed by atoms with van der Waals surface area (Å²) in [5.41, 5.74) is 4.99. The van der Waals surface area contributed by atoms with Gasteiger partial charge >= 0.3 is 6.36 Å². The Hall–Kier alpha value is -4.26. The van der Waals surface area contributed by atoms with Crippen LogP contribution in [0.3, 0.4) is 0 Å².